The maximum atomic E-state index is 12.2. The molecule has 0 bridgehead atoms. The van der Waals surface area contributed by atoms with Crippen LogP contribution in [0.5, 0.6) is 0 Å². The van der Waals surface area contributed by atoms with E-state index in [1.54, 1.807) is 0 Å². The number of nitrogens with zero attached hydrogens (tertiary/aromatic N) is 3. The summed E-state index contributed by atoms with van der Waals surface area (Å²) in [6.07, 6.45) is 3.80. The molecule has 2 unspecified atom stereocenters. The summed E-state index contributed by atoms with van der Waals surface area (Å²) in [6, 6.07) is 2.24. The minimum absolute atomic E-state index is 0.184. The fraction of sp³-hybridized carbons (Fsp3) is 0.765. The molecule has 0 spiro atoms. The molecule has 1 aliphatic rings. The van der Waals surface area contributed by atoms with E-state index in [-0.39, 0.29) is 12.1 Å². The SMILES string of the molecule is CCCNC(c1ccn(C)n1)C1CCN(C(=O)OC(C)(C)C)C1. The van der Waals surface area contributed by atoms with Crippen molar-refractivity contribution in [2.75, 3.05) is 19.6 Å². The van der Waals surface area contributed by atoms with Gasteiger partial charge in [0.25, 0.3) is 0 Å². The molecule has 1 N–H and O–H groups in total. The molecular weight excluding hydrogens is 292 g/mol. The van der Waals surface area contributed by atoms with Crippen molar-refractivity contribution in [2.45, 2.75) is 52.2 Å². The van der Waals surface area contributed by atoms with E-state index in [0.717, 1.165) is 31.6 Å². The van der Waals surface area contributed by atoms with Gasteiger partial charge in [0.15, 0.2) is 0 Å². The molecule has 1 amide bonds. The lowest BCUT2D eigenvalue weighted by Crippen LogP contribution is -2.37. The quantitative estimate of drug-likeness (QED) is 0.905. The minimum Gasteiger partial charge on any atom is -0.444 e. The number of aromatic nitrogens is 2. The second kappa shape index (κ2) is 7.34. The first kappa shape index (κ1) is 17.8. The predicted molar refractivity (Wildman–Crippen MR) is 90.2 cm³/mol. The lowest BCUT2D eigenvalue weighted by molar-refractivity contribution is 0.0285. The van der Waals surface area contributed by atoms with Gasteiger partial charge < -0.3 is 15.0 Å². The van der Waals surface area contributed by atoms with Crippen molar-refractivity contribution < 1.29 is 9.53 Å². The van der Waals surface area contributed by atoms with Crippen molar-refractivity contribution in [2.24, 2.45) is 13.0 Å². The van der Waals surface area contributed by atoms with Gasteiger partial charge in [0.1, 0.15) is 5.60 Å². The zero-order valence-electron chi connectivity index (χ0n) is 15.0. The van der Waals surface area contributed by atoms with Crippen LogP contribution >= 0.6 is 0 Å². The van der Waals surface area contributed by atoms with Gasteiger partial charge in [-0.1, -0.05) is 6.92 Å². The van der Waals surface area contributed by atoms with Gasteiger partial charge in [0, 0.05) is 26.3 Å². The third-order valence-electron chi connectivity index (χ3n) is 4.01. The molecule has 0 saturated carbocycles. The molecule has 2 rings (SSSR count). The zero-order valence-corrected chi connectivity index (χ0v) is 15.0. The molecule has 2 heterocycles. The summed E-state index contributed by atoms with van der Waals surface area (Å²) in [5.74, 6) is 0.365. The number of carbonyl (C=O) groups is 1. The zero-order chi connectivity index (χ0) is 17.0. The van der Waals surface area contributed by atoms with Crippen molar-refractivity contribution in [3.63, 3.8) is 0 Å². The second-order valence-corrected chi connectivity index (χ2v) is 7.32. The Kier molecular flexibility index (Phi) is 5.68. The third kappa shape index (κ3) is 4.96. The monoisotopic (exact) mass is 322 g/mol. The van der Waals surface area contributed by atoms with Crippen LogP contribution < -0.4 is 5.32 Å². The highest BCUT2D eigenvalue weighted by Crippen LogP contribution is 2.30. The first-order chi connectivity index (χ1) is 10.8. The van der Waals surface area contributed by atoms with Crippen molar-refractivity contribution in [3.8, 4) is 0 Å². The second-order valence-electron chi connectivity index (χ2n) is 7.32. The normalized spacial score (nSPS) is 19.9. The van der Waals surface area contributed by atoms with E-state index in [1.807, 2.05) is 43.6 Å². The van der Waals surface area contributed by atoms with Gasteiger partial charge in [-0.15, -0.1) is 0 Å². The number of ether oxygens (including phenoxy) is 1. The van der Waals surface area contributed by atoms with E-state index in [1.165, 1.54) is 0 Å². The highest BCUT2D eigenvalue weighted by molar-refractivity contribution is 5.68. The molecule has 6 heteroatoms. The van der Waals surface area contributed by atoms with Crippen molar-refractivity contribution in [1.29, 1.82) is 0 Å². The molecule has 1 saturated heterocycles. The lowest BCUT2D eigenvalue weighted by Gasteiger charge is -2.26. The van der Waals surface area contributed by atoms with Crippen LogP contribution in [0.2, 0.25) is 0 Å². The summed E-state index contributed by atoms with van der Waals surface area (Å²) in [4.78, 5) is 14.1. The fourth-order valence-corrected chi connectivity index (χ4v) is 2.96. The Balaban J connectivity index is 2.02. The van der Waals surface area contributed by atoms with Crippen LogP contribution in [0.15, 0.2) is 12.3 Å². The number of amides is 1. The standard InChI is InChI=1S/C17H30N4O2/c1-6-9-18-15(14-8-10-20(5)19-14)13-7-11-21(12-13)16(22)23-17(2,3)4/h8,10,13,15,18H,6-7,9,11-12H2,1-5H3. The summed E-state index contributed by atoms with van der Waals surface area (Å²) >= 11 is 0. The van der Waals surface area contributed by atoms with Crippen molar-refractivity contribution in [1.82, 2.24) is 20.0 Å². The molecular formula is C17H30N4O2. The van der Waals surface area contributed by atoms with E-state index >= 15 is 0 Å². The van der Waals surface area contributed by atoms with Gasteiger partial charge in [0.05, 0.1) is 11.7 Å². The number of likely N-dealkylation sites (tertiary alicyclic amines) is 1. The molecule has 0 aliphatic carbocycles. The van der Waals surface area contributed by atoms with Gasteiger partial charge in [-0.3, -0.25) is 4.68 Å². The Morgan fingerprint density at radius 1 is 1.52 bits per heavy atom. The Labute approximate surface area is 139 Å². The summed E-state index contributed by atoms with van der Waals surface area (Å²) < 4.78 is 7.32. The average molecular weight is 322 g/mol. The van der Waals surface area contributed by atoms with E-state index in [9.17, 15) is 4.79 Å². The fourth-order valence-electron chi connectivity index (χ4n) is 2.96. The van der Waals surface area contributed by atoms with Crippen molar-refractivity contribution >= 4 is 6.09 Å². The van der Waals surface area contributed by atoms with Crippen LogP contribution in [0.3, 0.4) is 0 Å². The average Bonchev–Trinajstić information content (AvgIpc) is 3.07. The molecule has 0 radical (unpaired) electrons. The first-order valence-electron chi connectivity index (χ1n) is 8.51. The van der Waals surface area contributed by atoms with Gasteiger partial charge in [0.2, 0.25) is 0 Å². The Bertz CT molecular complexity index is 521. The number of rotatable bonds is 5. The summed E-state index contributed by atoms with van der Waals surface area (Å²) in [5, 5.41) is 8.15. The van der Waals surface area contributed by atoms with Crippen molar-refractivity contribution in [3.05, 3.63) is 18.0 Å². The van der Waals surface area contributed by atoms with Gasteiger partial charge in [-0.2, -0.15) is 5.10 Å². The van der Waals surface area contributed by atoms with Crippen LogP contribution in [0.25, 0.3) is 0 Å². The highest BCUT2D eigenvalue weighted by atomic mass is 16.6. The minimum atomic E-state index is -0.448. The van der Waals surface area contributed by atoms with Crippen LogP contribution in [0.4, 0.5) is 4.79 Å². The van der Waals surface area contributed by atoms with Crippen LogP contribution in [0, 0.1) is 5.92 Å². The van der Waals surface area contributed by atoms with E-state index in [4.69, 9.17) is 4.74 Å². The number of carbonyl (C=O) groups excluding carboxylic acids is 1. The number of hydrogen-bond acceptors (Lipinski definition) is 4. The largest absolute Gasteiger partial charge is 0.444 e. The van der Waals surface area contributed by atoms with Gasteiger partial charge in [-0.05, 0) is 52.1 Å². The number of nitrogens with one attached hydrogen (secondary N) is 1. The third-order valence-corrected chi connectivity index (χ3v) is 4.01. The molecule has 0 aromatic carbocycles. The molecule has 23 heavy (non-hydrogen) atoms. The molecule has 1 aliphatic heterocycles. The Morgan fingerprint density at radius 2 is 2.26 bits per heavy atom. The molecule has 6 nitrogen and oxygen atoms in total. The van der Waals surface area contributed by atoms with Crippen LogP contribution in [-0.4, -0.2) is 46.0 Å². The molecule has 1 fully saturated rings. The van der Waals surface area contributed by atoms with Gasteiger partial charge >= 0.3 is 6.09 Å². The van der Waals surface area contributed by atoms with E-state index in [2.05, 4.69) is 23.4 Å². The number of aryl methyl sites for hydroxylation is 1. The molecule has 2 atom stereocenters. The first-order valence-corrected chi connectivity index (χ1v) is 8.51. The Hall–Kier alpha value is -1.56. The summed E-state index contributed by atoms with van der Waals surface area (Å²) in [6.45, 7) is 10.3. The van der Waals surface area contributed by atoms with Crippen LogP contribution in [0.1, 0.15) is 52.3 Å². The molecule has 1 aromatic rings. The summed E-state index contributed by atoms with van der Waals surface area (Å²) in [7, 11) is 1.93. The molecule has 130 valence electrons. The lowest BCUT2D eigenvalue weighted by atomic mass is 9.96. The maximum Gasteiger partial charge on any atom is 0.410 e. The van der Waals surface area contributed by atoms with Crippen LogP contribution in [-0.2, 0) is 11.8 Å². The number of hydrogen-bond donors (Lipinski definition) is 1. The maximum absolute atomic E-state index is 12.2. The van der Waals surface area contributed by atoms with E-state index in [0.29, 0.717) is 12.5 Å². The molecule has 1 aromatic heterocycles. The predicted octanol–water partition coefficient (Wildman–Crippen LogP) is 2.72. The smallest absolute Gasteiger partial charge is 0.410 e. The van der Waals surface area contributed by atoms with E-state index < -0.39 is 5.60 Å². The van der Waals surface area contributed by atoms with Gasteiger partial charge in [-0.25, -0.2) is 4.79 Å². The highest BCUT2D eigenvalue weighted by Gasteiger charge is 2.35. The summed E-state index contributed by atoms with van der Waals surface area (Å²) in [5.41, 5.74) is 0.604. The Morgan fingerprint density at radius 3 is 2.83 bits per heavy atom. The topological polar surface area (TPSA) is 59.4 Å².